The molecule has 0 aliphatic carbocycles. The SMILES string of the molecule is CC(C)c1ccc(-c2ccc(F)cc2)c(C(=O)O)c1. The van der Waals surface area contributed by atoms with Crippen molar-refractivity contribution in [3.8, 4) is 11.1 Å². The Balaban J connectivity index is 2.56. The van der Waals surface area contributed by atoms with Crippen molar-refractivity contribution >= 4 is 5.97 Å². The van der Waals surface area contributed by atoms with Crippen molar-refractivity contribution < 1.29 is 14.3 Å². The number of aromatic carboxylic acids is 1. The first-order chi connectivity index (χ1) is 8.99. The van der Waals surface area contributed by atoms with Gasteiger partial charge in [0.05, 0.1) is 5.56 Å². The third kappa shape index (κ3) is 2.81. The summed E-state index contributed by atoms with van der Waals surface area (Å²) in [6, 6.07) is 11.2. The molecule has 1 N–H and O–H groups in total. The monoisotopic (exact) mass is 258 g/mol. The fraction of sp³-hybridized carbons (Fsp3) is 0.188. The molecule has 0 spiro atoms. The summed E-state index contributed by atoms with van der Waals surface area (Å²) in [5.41, 5.74) is 2.53. The predicted octanol–water partition coefficient (Wildman–Crippen LogP) is 4.31. The molecule has 2 rings (SSSR count). The van der Waals surface area contributed by atoms with E-state index >= 15 is 0 Å². The molecule has 2 aromatic carbocycles. The van der Waals surface area contributed by atoms with Crippen molar-refractivity contribution in [2.45, 2.75) is 19.8 Å². The lowest BCUT2D eigenvalue weighted by Gasteiger charge is -2.11. The Morgan fingerprint density at radius 2 is 1.74 bits per heavy atom. The highest BCUT2D eigenvalue weighted by Crippen LogP contribution is 2.27. The van der Waals surface area contributed by atoms with Crippen LogP contribution >= 0.6 is 0 Å². The van der Waals surface area contributed by atoms with E-state index < -0.39 is 5.97 Å². The summed E-state index contributed by atoms with van der Waals surface area (Å²) >= 11 is 0. The molecule has 0 fully saturated rings. The minimum Gasteiger partial charge on any atom is -0.478 e. The first-order valence-corrected chi connectivity index (χ1v) is 6.12. The van der Waals surface area contributed by atoms with E-state index in [4.69, 9.17) is 0 Å². The Labute approximate surface area is 111 Å². The molecule has 2 nitrogen and oxygen atoms in total. The van der Waals surface area contributed by atoms with Gasteiger partial charge in [0.2, 0.25) is 0 Å². The molecule has 0 atom stereocenters. The van der Waals surface area contributed by atoms with E-state index in [-0.39, 0.29) is 17.3 Å². The zero-order valence-corrected chi connectivity index (χ0v) is 10.9. The van der Waals surface area contributed by atoms with Gasteiger partial charge in [0.15, 0.2) is 0 Å². The van der Waals surface area contributed by atoms with Crippen molar-refractivity contribution in [1.82, 2.24) is 0 Å². The molecule has 0 bridgehead atoms. The van der Waals surface area contributed by atoms with Gasteiger partial charge in [0.25, 0.3) is 0 Å². The van der Waals surface area contributed by atoms with Gasteiger partial charge in [0, 0.05) is 0 Å². The van der Waals surface area contributed by atoms with Gasteiger partial charge in [0.1, 0.15) is 5.82 Å². The van der Waals surface area contributed by atoms with Crippen molar-refractivity contribution in [1.29, 1.82) is 0 Å². The topological polar surface area (TPSA) is 37.3 Å². The molecular weight excluding hydrogens is 243 g/mol. The summed E-state index contributed by atoms with van der Waals surface area (Å²) in [4.78, 5) is 11.4. The molecule has 0 saturated heterocycles. The standard InChI is InChI=1S/C16H15FO2/c1-10(2)12-5-8-14(15(9-12)16(18)19)11-3-6-13(17)7-4-11/h3-10H,1-2H3,(H,18,19). The molecule has 0 radical (unpaired) electrons. The summed E-state index contributed by atoms with van der Waals surface area (Å²) in [5.74, 6) is -1.04. The molecule has 0 aliphatic heterocycles. The maximum Gasteiger partial charge on any atom is 0.336 e. The third-order valence-corrected chi connectivity index (χ3v) is 3.10. The van der Waals surface area contributed by atoms with E-state index in [1.54, 1.807) is 24.3 Å². The zero-order valence-electron chi connectivity index (χ0n) is 10.9. The number of hydrogen-bond acceptors (Lipinski definition) is 1. The van der Waals surface area contributed by atoms with E-state index in [9.17, 15) is 14.3 Å². The lowest BCUT2D eigenvalue weighted by molar-refractivity contribution is 0.0697. The fourth-order valence-electron chi connectivity index (χ4n) is 1.98. The van der Waals surface area contributed by atoms with Gasteiger partial charge in [-0.05, 0) is 40.8 Å². The zero-order chi connectivity index (χ0) is 14.0. The maximum absolute atomic E-state index is 12.9. The Kier molecular flexibility index (Phi) is 3.65. The second-order valence-corrected chi connectivity index (χ2v) is 4.77. The predicted molar refractivity (Wildman–Crippen MR) is 72.9 cm³/mol. The Hall–Kier alpha value is -2.16. The molecule has 0 heterocycles. The highest BCUT2D eigenvalue weighted by molar-refractivity contribution is 5.96. The quantitative estimate of drug-likeness (QED) is 0.890. The Morgan fingerprint density at radius 3 is 2.26 bits per heavy atom. The van der Waals surface area contributed by atoms with E-state index in [0.717, 1.165) is 5.56 Å². The number of carboxylic acid groups (broad SMARTS) is 1. The number of hydrogen-bond donors (Lipinski definition) is 1. The van der Waals surface area contributed by atoms with Gasteiger partial charge in [-0.3, -0.25) is 0 Å². The molecule has 3 heteroatoms. The Bertz CT molecular complexity index is 601. The minimum absolute atomic E-state index is 0.248. The van der Waals surface area contributed by atoms with Crippen LogP contribution in [-0.2, 0) is 0 Å². The second kappa shape index (κ2) is 5.22. The van der Waals surface area contributed by atoms with Gasteiger partial charge in [-0.15, -0.1) is 0 Å². The first-order valence-electron chi connectivity index (χ1n) is 6.12. The van der Waals surface area contributed by atoms with Crippen molar-refractivity contribution in [3.63, 3.8) is 0 Å². The number of carboxylic acids is 1. The van der Waals surface area contributed by atoms with Crippen LogP contribution in [-0.4, -0.2) is 11.1 Å². The van der Waals surface area contributed by atoms with Crippen LogP contribution in [0.1, 0.15) is 35.7 Å². The van der Waals surface area contributed by atoms with E-state index in [1.807, 2.05) is 19.9 Å². The van der Waals surface area contributed by atoms with Gasteiger partial charge >= 0.3 is 5.97 Å². The third-order valence-electron chi connectivity index (χ3n) is 3.10. The number of benzene rings is 2. The smallest absolute Gasteiger partial charge is 0.336 e. The van der Waals surface area contributed by atoms with Crippen LogP contribution in [0, 0.1) is 5.82 Å². The largest absolute Gasteiger partial charge is 0.478 e. The Morgan fingerprint density at radius 1 is 1.11 bits per heavy atom. The van der Waals surface area contributed by atoms with Crippen LogP contribution in [0.4, 0.5) is 4.39 Å². The van der Waals surface area contributed by atoms with Crippen LogP contribution in [0.25, 0.3) is 11.1 Å². The normalized spacial score (nSPS) is 10.7. The fourth-order valence-corrected chi connectivity index (χ4v) is 1.98. The van der Waals surface area contributed by atoms with Crippen molar-refractivity contribution in [2.24, 2.45) is 0 Å². The van der Waals surface area contributed by atoms with Gasteiger partial charge < -0.3 is 5.11 Å². The maximum atomic E-state index is 12.9. The number of halogens is 1. The molecule has 2 aromatic rings. The molecule has 0 aliphatic rings. The van der Waals surface area contributed by atoms with Crippen LogP contribution in [0.5, 0.6) is 0 Å². The molecule has 0 aromatic heterocycles. The minimum atomic E-state index is -0.971. The van der Waals surface area contributed by atoms with Crippen LogP contribution in [0.15, 0.2) is 42.5 Å². The molecule has 0 saturated carbocycles. The van der Waals surface area contributed by atoms with Gasteiger partial charge in [-0.1, -0.05) is 38.1 Å². The van der Waals surface area contributed by atoms with E-state index in [0.29, 0.717) is 11.1 Å². The summed E-state index contributed by atoms with van der Waals surface area (Å²) < 4.78 is 12.9. The van der Waals surface area contributed by atoms with Crippen LogP contribution in [0.2, 0.25) is 0 Å². The van der Waals surface area contributed by atoms with Crippen molar-refractivity contribution in [2.75, 3.05) is 0 Å². The average molecular weight is 258 g/mol. The lowest BCUT2D eigenvalue weighted by atomic mass is 9.94. The summed E-state index contributed by atoms with van der Waals surface area (Å²) in [6.45, 7) is 4.02. The number of rotatable bonds is 3. The highest BCUT2D eigenvalue weighted by Gasteiger charge is 2.13. The van der Waals surface area contributed by atoms with Crippen LogP contribution in [0.3, 0.4) is 0 Å². The summed E-state index contributed by atoms with van der Waals surface area (Å²) in [6.07, 6.45) is 0. The van der Waals surface area contributed by atoms with Crippen LogP contribution < -0.4 is 0 Å². The van der Waals surface area contributed by atoms with Gasteiger partial charge in [-0.2, -0.15) is 0 Å². The molecule has 19 heavy (non-hydrogen) atoms. The lowest BCUT2D eigenvalue weighted by Crippen LogP contribution is -2.02. The number of carbonyl (C=O) groups is 1. The molecular formula is C16H15FO2. The summed E-state index contributed by atoms with van der Waals surface area (Å²) in [5, 5.41) is 9.31. The van der Waals surface area contributed by atoms with Gasteiger partial charge in [-0.25, -0.2) is 9.18 Å². The molecule has 0 unspecified atom stereocenters. The van der Waals surface area contributed by atoms with Crippen molar-refractivity contribution in [3.05, 3.63) is 59.4 Å². The summed E-state index contributed by atoms with van der Waals surface area (Å²) in [7, 11) is 0. The highest BCUT2D eigenvalue weighted by atomic mass is 19.1. The van der Waals surface area contributed by atoms with E-state index in [2.05, 4.69) is 0 Å². The second-order valence-electron chi connectivity index (χ2n) is 4.77. The molecule has 98 valence electrons. The first kappa shape index (κ1) is 13.3. The van der Waals surface area contributed by atoms with E-state index in [1.165, 1.54) is 12.1 Å². The average Bonchev–Trinajstić information content (AvgIpc) is 2.38. The molecule has 0 amide bonds.